The van der Waals surface area contributed by atoms with Gasteiger partial charge in [0.05, 0.1) is 19.8 Å². The smallest absolute Gasteiger partial charge is 0.118 e. The molecule has 16 heavy (non-hydrogen) atoms. The number of aliphatic hydroxyl groups is 1. The van der Waals surface area contributed by atoms with Crippen molar-refractivity contribution in [2.75, 3.05) is 33.9 Å². The first kappa shape index (κ1) is 13.0. The lowest BCUT2D eigenvalue weighted by Gasteiger charge is -2.26. The van der Waals surface area contributed by atoms with E-state index >= 15 is 0 Å². The molecule has 1 atom stereocenters. The molecule has 0 aromatic heterocycles. The van der Waals surface area contributed by atoms with E-state index in [1.165, 1.54) is 0 Å². The second-order valence-electron chi connectivity index (χ2n) is 3.74. The minimum atomic E-state index is -0.00513. The van der Waals surface area contributed by atoms with Crippen molar-refractivity contribution in [3.05, 3.63) is 29.8 Å². The van der Waals surface area contributed by atoms with Gasteiger partial charge < -0.3 is 15.6 Å². The van der Waals surface area contributed by atoms with Crippen molar-refractivity contribution >= 4 is 0 Å². The maximum absolute atomic E-state index is 9.39. The number of nitrogens with zero attached hydrogens (tertiary/aromatic N) is 1. The number of methoxy groups -OCH3 is 1. The molecule has 0 amide bonds. The summed E-state index contributed by atoms with van der Waals surface area (Å²) in [4.78, 5) is 2.04. The van der Waals surface area contributed by atoms with Gasteiger partial charge in [0.15, 0.2) is 0 Å². The van der Waals surface area contributed by atoms with Gasteiger partial charge in [-0.15, -0.1) is 0 Å². The van der Waals surface area contributed by atoms with E-state index in [4.69, 9.17) is 10.5 Å². The number of hydrogen-bond donors (Lipinski definition) is 2. The van der Waals surface area contributed by atoms with Crippen LogP contribution >= 0.6 is 0 Å². The predicted molar refractivity (Wildman–Crippen MR) is 64.5 cm³/mol. The third-order valence-electron chi connectivity index (χ3n) is 2.69. The van der Waals surface area contributed by atoms with E-state index in [1.807, 2.05) is 36.2 Å². The Morgan fingerprint density at radius 3 is 2.44 bits per heavy atom. The normalized spacial score (nSPS) is 12.8. The molecule has 0 heterocycles. The average Bonchev–Trinajstić information content (AvgIpc) is 2.31. The fourth-order valence-corrected chi connectivity index (χ4v) is 1.68. The molecule has 4 nitrogen and oxygen atoms in total. The Kier molecular flexibility index (Phi) is 5.25. The lowest BCUT2D eigenvalue weighted by molar-refractivity contribution is 0.151. The predicted octanol–water partition coefficient (Wildman–Crippen LogP) is 0.619. The summed E-state index contributed by atoms with van der Waals surface area (Å²) in [7, 11) is 3.59. The van der Waals surface area contributed by atoms with Crippen LogP contribution in [0.15, 0.2) is 24.3 Å². The molecule has 1 rings (SSSR count). The van der Waals surface area contributed by atoms with Crippen molar-refractivity contribution in [2.45, 2.75) is 6.04 Å². The van der Waals surface area contributed by atoms with E-state index in [0.29, 0.717) is 6.54 Å². The van der Waals surface area contributed by atoms with Crippen molar-refractivity contribution in [3.63, 3.8) is 0 Å². The van der Waals surface area contributed by atoms with Gasteiger partial charge in [0.2, 0.25) is 0 Å². The fourth-order valence-electron chi connectivity index (χ4n) is 1.68. The second-order valence-corrected chi connectivity index (χ2v) is 3.74. The molecule has 0 saturated carbocycles. The minimum absolute atomic E-state index is 0.00513. The molecule has 0 aliphatic carbocycles. The van der Waals surface area contributed by atoms with E-state index in [2.05, 4.69) is 0 Å². The molecule has 1 aromatic rings. The summed E-state index contributed by atoms with van der Waals surface area (Å²) in [6, 6.07) is 7.72. The van der Waals surface area contributed by atoms with Gasteiger partial charge in [0, 0.05) is 13.1 Å². The highest BCUT2D eigenvalue weighted by Crippen LogP contribution is 2.21. The third kappa shape index (κ3) is 3.20. The molecule has 3 N–H and O–H groups in total. The van der Waals surface area contributed by atoms with Gasteiger partial charge >= 0.3 is 0 Å². The van der Waals surface area contributed by atoms with Crippen molar-refractivity contribution in [2.24, 2.45) is 5.73 Å². The van der Waals surface area contributed by atoms with Crippen LogP contribution in [0.2, 0.25) is 0 Å². The lowest BCUT2D eigenvalue weighted by Crippen LogP contribution is -2.31. The molecule has 0 aliphatic rings. The van der Waals surface area contributed by atoms with Gasteiger partial charge in [-0.05, 0) is 24.7 Å². The van der Waals surface area contributed by atoms with Crippen LogP contribution in [0.1, 0.15) is 11.6 Å². The number of ether oxygens (including phenoxy) is 1. The molecule has 0 fully saturated rings. The quantitative estimate of drug-likeness (QED) is 0.743. The zero-order valence-corrected chi connectivity index (χ0v) is 9.89. The van der Waals surface area contributed by atoms with Gasteiger partial charge in [0.25, 0.3) is 0 Å². The van der Waals surface area contributed by atoms with Crippen LogP contribution in [0.3, 0.4) is 0 Å². The first-order valence-corrected chi connectivity index (χ1v) is 5.38. The Balaban J connectivity index is 2.78. The van der Waals surface area contributed by atoms with Crippen molar-refractivity contribution in [1.29, 1.82) is 0 Å². The zero-order chi connectivity index (χ0) is 12.0. The summed E-state index contributed by atoms with van der Waals surface area (Å²) in [6.45, 7) is 1.43. The minimum Gasteiger partial charge on any atom is -0.497 e. The summed E-state index contributed by atoms with van der Waals surface area (Å²) < 4.78 is 5.09. The van der Waals surface area contributed by atoms with Gasteiger partial charge in [-0.2, -0.15) is 0 Å². The standard InChI is InChI=1S/C12H20N2O2/c1-14(8-7-13)12(9-15)10-3-5-11(16-2)6-4-10/h3-6,12,15H,7-9,13H2,1-2H3. The highest BCUT2D eigenvalue weighted by atomic mass is 16.5. The number of rotatable bonds is 6. The Morgan fingerprint density at radius 2 is 2.00 bits per heavy atom. The molecule has 0 spiro atoms. The fraction of sp³-hybridized carbons (Fsp3) is 0.500. The first-order valence-electron chi connectivity index (χ1n) is 5.38. The summed E-state index contributed by atoms with van der Waals surface area (Å²) in [5, 5.41) is 9.39. The number of nitrogens with two attached hydrogens (primary N) is 1. The number of hydrogen-bond acceptors (Lipinski definition) is 4. The molecule has 0 radical (unpaired) electrons. The molecular formula is C12H20N2O2. The lowest BCUT2D eigenvalue weighted by atomic mass is 10.1. The van der Waals surface area contributed by atoms with E-state index in [-0.39, 0.29) is 12.6 Å². The zero-order valence-electron chi connectivity index (χ0n) is 9.89. The van der Waals surface area contributed by atoms with Crippen LogP contribution in [0.4, 0.5) is 0 Å². The Bertz CT molecular complexity index is 300. The molecule has 0 bridgehead atoms. The molecule has 1 unspecified atom stereocenters. The van der Waals surface area contributed by atoms with Gasteiger partial charge in [-0.25, -0.2) is 0 Å². The van der Waals surface area contributed by atoms with Gasteiger partial charge in [-0.1, -0.05) is 12.1 Å². The Labute approximate surface area is 96.6 Å². The Hall–Kier alpha value is -1.10. The van der Waals surface area contributed by atoms with Gasteiger partial charge in [-0.3, -0.25) is 4.90 Å². The van der Waals surface area contributed by atoms with Crippen LogP contribution in [0, 0.1) is 0 Å². The summed E-state index contributed by atoms with van der Waals surface area (Å²) in [5.74, 6) is 0.821. The average molecular weight is 224 g/mol. The SMILES string of the molecule is COc1ccc(C(CO)N(C)CCN)cc1. The van der Waals surface area contributed by atoms with Crippen LogP contribution in [0.25, 0.3) is 0 Å². The van der Waals surface area contributed by atoms with Crippen molar-refractivity contribution < 1.29 is 9.84 Å². The monoisotopic (exact) mass is 224 g/mol. The number of likely N-dealkylation sites (N-methyl/N-ethyl adjacent to an activating group) is 1. The van der Waals surface area contributed by atoms with Crippen LogP contribution in [-0.2, 0) is 0 Å². The van der Waals surface area contributed by atoms with Crippen molar-refractivity contribution in [1.82, 2.24) is 4.90 Å². The van der Waals surface area contributed by atoms with E-state index in [9.17, 15) is 5.11 Å². The van der Waals surface area contributed by atoms with Crippen LogP contribution < -0.4 is 10.5 Å². The summed E-state index contributed by atoms with van der Waals surface area (Å²) >= 11 is 0. The molecule has 0 aliphatic heterocycles. The molecule has 90 valence electrons. The maximum atomic E-state index is 9.39. The number of benzene rings is 1. The molecular weight excluding hydrogens is 204 g/mol. The number of aliphatic hydroxyl groups excluding tert-OH is 1. The maximum Gasteiger partial charge on any atom is 0.118 e. The third-order valence-corrected chi connectivity index (χ3v) is 2.69. The topological polar surface area (TPSA) is 58.7 Å². The summed E-state index contributed by atoms with van der Waals surface area (Å²) in [5.41, 5.74) is 6.57. The summed E-state index contributed by atoms with van der Waals surface area (Å²) in [6.07, 6.45) is 0. The first-order chi connectivity index (χ1) is 7.72. The van der Waals surface area contributed by atoms with E-state index in [0.717, 1.165) is 17.9 Å². The molecule has 1 aromatic carbocycles. The second kappa shape index (κ2) is 6.48. The van der Waals surface area contributed by atoms with Crippen molar-refractivity contribution in [3.8, 4) is 5.75 Å². The van der Waals surface area contributed by atoms with E-state index in [1.54, 1.807) is 7.11 Å². The van der Waals surface area contributed by atoms with Gasteiger partial charge in [0.1, 0.15) is 5.75 Å². The largest absolute Gasteiger partial charge is 0.497 e. The molecule has 4 heteroatoms. The van der Waals surface area contributed by atoms with Crippen LogP contribution in [0.5, 0.6) is 5.75 Å². The highest BCUT2D eigenvalue weighted by molar-refractivity contribution is 5.29. The Morgan fingerprint density at radius 1 is 1.38 bits per heavy atom. The molecule has 0 saturated heterocycles. The highest BCUT2D eigenvalue weighted by Gasteiger charge is 2.15. The van der Waals surface area contributed by atoms with Crippen LogP contribution in [-0.4, -0.2) is 43.9 Å². The van der Waals surface area contributed by atoms with E-state index < -0.39 is 0 Å².